The number of H-pyrrole nitrogens is 1. The molecule has 2 rings (SSSR count). The lowest BCUT2D eigenvalue weighted by atomic mass is 10.2. The second kappa shape index (κ2) is 6.85. The number of rotatable bonds is 3. The third-order valence-electron chi connectivity index (χ3n) is 1.88. The lowest BCUT2D eigenvalue weighted by Crippen LogP contribution is -1.94. The van der Waals surface area contributed by atoms with E-state index in [2.05, 4.69) is 10.1 Å². The third kappa shape index (κ3) is 3.42. The molecule has 17 heavy (non-hydrogen) atoms. The zero-order valence-corrected chi connectivity index (χ0v) is 11.0. The molecule has 4 nitrogen and oxygen atoms in total. The third-order valence-corrected chi connectivity index (χ3v) is 2.05. The molecule has 0 saturated carbocycles. The number of hydrogen-bond acceptors (Lipinski definition) is 4. The summed E-state index contributed by atoms with van der Waals surface area (Å²) in [6.07, 6.45) is 0. The van der Waals surface area contributed by atoms with Crippen LogP contribution < -0.4 is 4.74 Å². The average molecular weight is 254 g/mol. The first-order valence-electron chi connectivity index (χ1n) is 5.59. The first-order chi connectivity index (χ1) is 8.31. The van der Waals surface area contributed by atoms with Crippen LogP contribution in [0.1, 0.15) is 22.2 Å². The van der Waals surface area contributed by atoms with Gasteiger partial charge < -0.3 is 9.26 Å². The summed E-state index contributed by atoms with van der Waals surface area (Å²) in [6, 6.07) is 7.59. The fourth-order valence-corrected chi connectivity index (χ4v) is 1.42. The monoisotopic (exact) mass is 254 g/mol. The van der Waals surface area contributed by atoms with E-state index in [4.69, 9.17) is 21.5 Å². The topological polar surface area (TPSA) is 51.1 Å². The van der Waals surface area contributed by atoms with Crippen molar-refractivity contribution in [2.45, 2.75) is 20.8 Å². The Hall–Kier alpha value is -1.62. The van der Waals surface area contributed by atoms with Gasteiger partial charge in [0.15, 0.2) is 5.82 Å². The Labute approximate surface area is 107 Å². The minimum absolute atomic E-state index is 0. The SMILES string of the molecule is CC.CCOc1ccccc1-c1nc(=S)o[nH]1.[HH]. The Kier molecular flexibility index (Phi) is 5.42. The average Bonchev–Trinajstić information content (AvgIpc) is 2.79. The van der Waals surface area contributed by atoms with Crippen LogP contribution in [0, 0.1) is 4.84 Å². The van der Waals surface area contributed by atoms with E-state index in [0.29, 0.717) is 12.4 Å². The van der Waals surface area contributed by atoms with Crippen LogP contribution in [0.25, 0.3) is 11.4 Å². The van der Waals surface area contributed by atoms with Gasteiger partial charge in [-0.15, -0.1) is 0 Å². The number of nitrogens with zero attached hydrogens (tertiary/aromatic N) is 1. The van der Waals surface area contributed by atoms with E-state index in [1.807, 2.05) is 45.0 Å². The van der Waals surface area contributed by atoms with Crippen LogP contribution in [0.5, 0.6) is 5.75 Å². The van der Waals surface area contributed by atoms with Crippen molar-refractivity contribution < 1.29 is 10.7 Å². The molecule has 0 aliphatic heterocycles. The van der Waals surface area contributed by atoms with E-state index in [1.54, 1.807) is 0 Å². The van der Waals surface area contributed by atoms with Gasteiger partial charge in [-0.2, -0.15) is 4.98 Å². The first-order valence-corrected chi connectivity index (χ1v) is 6.00. The summed E-state index contributed by atoms with van der Waals surface area (Å²) in [5, 5.41) is 2.65. The summed E-state index contributed by atoms with van der Waals surface area (Å²) in [5.74, 6) is 1.35. The van der Waals surface area contributed by atoms with E-state index in [0.717, 1.165) is 11.3 Å². The summed E-state index contributed by atoms with van der Waals surface area (Å²) in [4.78, 5) is 4.23. The maximum atomic E-state index is 5.46. The molecule has 94 valence electrons. The smallest absolute Gasteiger partial charge is 0.314 e. The van der Waals surface area contributed by atoms with Crippen molar-refractivity contribution in [3.63, 3.8) is 0 Å². The lowest BCUT2D eigenvalue weighted by molar-refractivity contribution is 0.341. The number of para-hydroxylation sites is 1. The van der Waals surface area contributed by atoms with Gasteiger partial charge >= 0.3 is 4.84 Å². The van der Waals surface area contributed by atoms with Crippen LogP contribution in [-0.4, -0.2) is 16.7 Å². The number of ether oxygens (including phenoxy) is 1. The van der Waals surface area contributed by atoms with Crippen LogP contribution in [0.4, 0.5) is 0 Å². The molecule has 0 aliphatic rings. The largest absolute Gasteiger partial charge is 0.493 e. The molecule has 0 atom stereocenters. The Morgan fingerprint density at radius 1 is 1.41 bits per heavy atom. The van der Waals surface area contributed by atoms with Crippen molar-refractivity contribution >= 4 is 12.2 Å². The summed E-state index contributed by atoms with van der Waals surface area (Å²) in [5.41, 5.74) is 0.846. The van der Waals surface area contributed by atoms with Crippen LogP contribution in [-0.2, 0) is 0 Å². The molecule has 0 saturated heterocycles. The van der Waals surface area contributed by atoms with Crippen LogP contribution in [0.2, 0.25) is 0 Å². The Bertz CT molecular complexity index is 511. The highest BCUT2D eigenvalue weighted by molar-refractivity contribution is 7.71. The number of aromatic nitrogens is 2. The molecular formula is C12H18N2O2S. The van der Waals surface area contributed by atoms with Gasteiger partial charge in [-0.3, -0.25) is 0 Å². The molecule has 1 aromatic heterocycles. The summed E-state index contributed by atoms with van der Waals surface area (Å²) in [6.45, 7) is 6.54. The fourth-order valence-electron chi connectivity index (χ4n) is 1.29. The van der Waals surface area contributed by atoms with Gasteiger partial charge in [-0.05, 0) is 31.3 Å². The van der Waals surface area contributed by atoms with E-state index >= 15 is 0 Å². The molecule has 0 spiro atoms. The molecule has 0 aliphatic carbocycles. The van der Waals surface area contributed by atoms with Gasteiger partial charge in [-0.1, -0.05) is 26.0 Å². The van der Waals surface area contributed by atoms with E-state index in [-0.39, 0.29) is 6.26 Å². The summed E-state index contributed by atoms with van der Waals surface area (Å²) >= 11 is 4.79. The molecule has 0 unspecified atom stereocenters. The molecule has 0 bridgehead atoms. The second-order valence-corrected chi connectivity index (χ2v) is 3.21. The molecule has 0 fully saturated rings. The van der Waals surface area contributed by atoms with Crippen LogP contribution >= 0.6 is 12.2 Å². The fraction of sp³-hybridized carbons (Fsp3) is 0.333. The zero-order valence-electron chi connectivity index (χ0n) is 10.2. The molecule has 0 radical (unpaired) electrons. The van der Waals surface area contributed by atoms with Crippen molar-refractivity contribution in [2.75, 3.05) is 6.61 Å². The number of benzene rings is 1. The molecule has 1 aromatic carbocycles. The Balaban J connectivity index is 0.000000917. The first kappa shape index (κ1) is 13.4. The van der Waals surface area contributed by atoms with Crippen molar-refractivity contribution in [1.82, 2.24) is 10.1 Å². The van der Waals surface area contributed by atoms with Gasteiger partial charge in [0.05, 0.1) is 12.2 Å². The standard InChI is InChI=1S/C10H10N2O2S.C2H6.H2/c1-2-13-8-6-4-3-5-7(8)9-11-10(15)14-12-9;1-2;/h3-6H,2H2,1H3,(H,11,12,15);1-2H3;1H. The van der Waals surface area contributed by atoms with E-state index < -0.39 is 0 Å². The van der Waals surface area contributed by atoms with Crippen LogP contribution in [0.3, 0.4) is 0 Å². The Morgan fingerprint density at radius 2 is 2.12 bits per heavy atom. The summed E-state index contributed by atoms with van der Waals surface area (Å²) in [7, 11) is 0. The molecular weight excluding hydrogens is 236 g/mol. The van der Waals surface area contributed by atoms with Gasteiger partial charge in [0.1, 0.15) is 5.75 Å². The van der Waals surface area contributed by atoms with Crippen molar-refractivity contribution in [3.05, 3.63) is 29.1 Å². The van der Waals surface area contributed by atoms with Gasteiger partial charge in [0, 0.05) is 1.43 Å². The maximum absolute atomic E-state index is 5.46. The van der Waals surface area contributed by atoms with Crippen molar-refractivity contribution in [2.24, 2.45) is 0 Å². The normalized spacial score (nSPS) is 9.35. The minimum Gasteiger partial charge on any atom is -0.493 e. The van der Waals surface area contributed by atoms with Gasteiger partial charge in [-0.25, -0.2) is 5.16 Å². The quantitative estimate of drug-likeness (QED) is 0.839. The minimum atomic E-state index is 0. The number of nitrogens with one attached hydrogen (secondary N) is 1. The predicted molar refractivity (Wildman–Crippen MR) is 71.8 cm³/mol. The van der Waals surface area contributed by atoms with Gasteiger partial charge in [0.25, 0.3) is 0 Å². The highest BCUT2D eigenvalue weighted by Gasteiger charge is 2.08. The molecule has 0 amide bonds. The van der Waals surface area contributed by atoms with Gasteiger partial charge in [0.2, 0.25) is 0 Å². The highest BCUT2D eigenvalue weighted by Crippen LogP contribution is 2.26. The Morgan fingerprint density at radius 3 is 2.71 bits per heavy atom. The number of aromatic amines is 1. The van der Waals surface area contributed by atoms with Crippen molar-refractivity contribution in [1.29, 1.82) is 0 Å². The maximum Gasteiger partial charge on any atom is 0.314 e. The molecule has 1 N–H and O–H groups in total. The zero-order chi connectivity index (χ0) is 12.7. The summed E-state index contributed by atoms with van der Waals surface area (Å²) < 4.78 is 10.3. The molecule has 5 heteroatoms. The lowest BCUT2D eigenvalue weighted by Gasteiger charge is -2.06. The van der Waals surface area contributed by atoms with Crippen molar-refractivity contribution in [3.8, 4) is 17.1 Å². The molecule has 1 heterocycles. The van der Waals surface area contributed by atoms with E-state index in [1.165, 1.54) is 0 Å². The van der Waals surface area contributed by atoms with Crippen LogP contribution in [0.15, 0.2) is 28.8 Å². The highest BCUT2D eigenvalue weighted by atomic mass is 32.1. The van der Waals surface area contributed by atoms with E-state index in [9.17, 15) is 0 Å². The molecule has 2 aromatic rings. The predicted octanol–water partition coefficient (Wildman–Crippen LogP) is 4.07. The number of hydrogen-bond donors (Lipinski definition) is 1. The second-order valence-electron chi connectivity index (χ2n) is 2.86.